The minimum Gasteiger partial charge on any atom is -0.494 e. The molecule has 3 heterocycles. The molecular formula is C23H23N3O7. The van der Waals surface area contributed by atoms with Gasteiger partial charge in [0.15, 0.2) is 12.2 Å². The molecule has 172 valence electrons. The van der Waals surface area contributed by atoms with Gasteiger partial charge in [0.1, 0.15) is 36.3 Å². The van der Waals surface area contributed by atoms with Crippen molar-refractivity contribution in [1.29, 1.82) is 0 Å². The summed E-state index contributed by atoms with van der Waals surface area (Å²) in [6.07, 6.45) is -4.95. The number of hydrogen-bond acceptors (Lipinski definition) is 9. The number of aliphatic hydroxyl groups is 3. The van der Waals surface area contributed by atoms with Crippen LogP contribution in [0, 0.1) is 0 Å². The Hall–Kier alpha value is -3.28. The minimum absolute atomic E-state index is 0.0111. The average Bonchev–Trinajstić information content (AvgIpc) is 3.34. The van der Waals surface area contributed by atoms with Gasteiger partial charge in [-0.2, -0.15) is 0 Å². The molecule has 0 aliphatic carbocycles. The number of nitrogens with one attached hydrogen (secondary N) is 1. The third kappa shape index (κ3) is 3.99. The van der Waals surface area contributed by atoms with Crippen LogP contribution in [0.4, 0.5) is 5.69 Å². The van der Waals surface area contributed by atoms with Gasteiger partial charge in [-0.15, -0.1) is 0 Å². The Balaban J connectivity index is 1.33. The monoisotopic (exact) mass is 453 g/mol. The predicted octanol–water partition coefficient (Wildman–Crippen LogP) is 1.18. The van der Waals surface area contributed by atoms with Crippen molar-refractivity contribution in [3.05, 3.63) is 59.7 Å². The maximum atomic E-state index is 10.6. The lowest BCUT2D eigenvalue weighted by molar-refractivity contribution is -0.271. The van der Waals surface area contributed by atoms with Gasteiger partial charge in [-0.05, 0) is 12.1 Å². The van der Waals surface area contributed by atoms with Gasteiger partial charge >= 0.3 is 0 Å². The topological polar surface area (TPSA) is 149 Å². The van der Waals surface area contributed by atoms with E-state index in [2.05, 4.69) is 15.1 Å². The maximum Gasteiger partial charge on any atom is 0.199 e. The number of nitrogens with zero attached hydrogens (tertiary/aromatic N) is 2. The number of aliphatic hydroxyl groups excluding tert-OH is 3. The van der Waals surface area contributed by atoms with E-state index in [-0.39, 0.29) is 25.7 Å². The number of oxime groups is 1. The van der Waals surface area contributed by atoms with E-state index >= 15 is 0 Å². The van der Waals surface area contributed by atoms with Gasteiger partial charge in [-0.25, -0.2) is 4.99 Å². The Labute approximate surface area is 188 Å². The normalized spacial score (nSPS) is 25.9. The molecule has 2 aromatic carbocycles. The third-order valence-electron chi connectivity index (χ3n) is 5.61. The summed E-state index contributed by atoms with van der Waals surface area (Å²) in [7, 11) is 0. The lowest BCUT2D eigenvalue weighted by Gasteiger charge is -2.34. The van der Waals surface area contributed by atoms with Crippen molar-refractivity contribution in [2.45, 2.75) is 24.6 Å². The van der Waals surface area contributed by atoms with Crippen LogP contribution < -0.4 is 0 Å². The first kappa shape index (κ1) is 21.6. The van der Waals surface area contributed by atoms with Crippen molar-refractivity contribution in [1.82, 2.24) is 4.98 Å². The highest BCUT2D eigenvalue weighted by molar-refractivity contribution is 6.58. The third-order valence-corrected chi connectivity index (χ3v) is 5.61. The van der Waals surface area contributed by atoms with Crippen LogP contribution in [0.25, 0.3) is 10.9 Å². The van der Waals surface area contributed by atoms with E-state index in [0.29, 0.717) is 22.7 Å². The smallest absolute Gasteiger partial charge is 0.199 e. The van der Waals surface area contributed by atoms with Crippen molar-refractivity contribution in [2.24, 2.45) is 10.1 Å². The molecular weight excluding hydrogens is 430 g/mol. The van der Waals surface area contributed by atoms with Crippen molar-refractivity contribution in [2.75, 3.05) is 19.8 Å². The molecule has 5 rings (SSSR count). The second kappa shape index (κ2) is 8.93. The molecule has 0 spiro atoms. The summed E-state index contributed by atoms with van der Waals surface area (Å²) in [5, 5.41) is 44.8. The molecule has 33 heavy (non-hydrogen) atoms. The highest BCUT2D eigenvalue weighted by atomic mass is 16.7. The van der Waals surface area contributed by atoms with Crippen molar-refractivity contribution < 1.29 is 34.7 Å². The van der Waals surface area contributed by atoms with E-state index in [4.69, 9.17) is 14.3 Å². The van der Waals surface area contributed by atoms with E-state index in [1.54, 1.807) is 0 Å². The Bertz CT molecular complexity index is 1220. The zero-order chi connectivity index (χ0) is 22.9. The quantitative estimate of drug-likeness (QED) is 0.278. The Kier molecular flexibility index (Phi) is 5.83. The highest BCUT2D eigenvalue weighted by Crippen LogP contribution is 2.35. The molecule has 1 saturated heterocycles. The average molecular weight is 453 g/mol. The second-order valence-corrected chi connectivity index (χ2v) is 7.77. The van der Waals surface area contributed by atoms with Crippen LogP contribution in [0.1, 0.15) is 11.1 Å². The molecule has 0 radical (unpaired) electrons. The number of para-hydroxylation sites is 2. The molecule has 2 aliphatic heterocycles. The Morgan fingerprint density at radius 3 is 2.70 bits per heavy atom. The Morgan fingerprint density at radius 1 is 1.03 bits per heavy atom. The number of aliphatic imine (C=N–C) groups is 1. The first-order valence-corrected chi connectivity index (χ1v) is 10.5. The van der Waals surface area contributed by atoms with Crippen molar-refractivity contribution in [3.63, 3.8) is 0 Å². The van der Waals surface area contributed by atoms with Crippen LogP contribution in [0.2, 0.25) is 0 Å². The molecule has 3 aromatic rings. The van der Waals surface area contributed by atoms with E-state index in [9.17, 15) is 20.4 Å². The van der Waals surface area contributed by atoms with Gasteiger partial charge < -0.3 is 39.7 Å². The molecule has 10 heteroatoms. The predicted molar refractivity (Wildman–Crippen MR) is 119 cm³/mol. The summed E-state index contributed by atoms with van der Waals surface area (Å²) in [4.78, 5) is 13.1. The van der Waals surface area contributed by atoms with Crippen LogP contribution in [-0.4, -0.2) is 81.3 Å². The molecule has 1 aromatic heterocycles. The van der Waals surface area contributed by atoms with Gasteiger partial charge in [-0.1, -0.05) is 41.6 Å². The van der Waals surface area contributed by atoms with Crippen molar-refractivity contribution in [3.8, 4) is 5.88 Å². The number of ether oxygens (including phenoxy) is 2. The van der Waals surface area contributed by atoms with Crippen LogP contribution in [-0.2, 0) is 14.3 Å². The number of hydrogen-bond donors (Lipinski definition) is 5. The molecule has 0 amide bonds. The van der Waals surface area contributed by atoms with E-state index in [0.717, 1.165) is 16.5 Å². The molecule has 0 bridgehead atoms. The van der Waals surface area contributed by atoms with Gasteiger partial charge in [0.2, 0.25) is 0 Å². The summed E-state index contributed by atoms with van der Waals surface area (Å²) in [6, 6.07) is 15.0. The number of H-pyrrole nitrogens is 1. The van der Waals surface area contributed by atoms with Gasteiger partial charge in [0.25, 0.3) is 0 Å². The highest BCUT2D eigenvalue weighted by Gasteiger charge is 2.38. The summed E-state index contributed by atoms with van der Waals surface area (Å²) in [6.45, 7) is -0.0887. The van der Waals surface area contributed by atoms with Gasteiger partial charge in [0, 0.05) is 16.5 Å². The summed E-state index contributed by atoms with van der Waals surface area (Å²) >= 11 is 0. The zero-order valence-electron chi connectivity index (χ0n) is 17.5. The molecule has 5 N–H and O–H groups in total. The fourth-order valence-corrected chi connectivity index (χ4v) is 3.94. The maximum absolute atomic E-state index is 10.6. The largest absolute Gasteiger partial charge is 0.494 e. The number of aromatic hydroxyl groups is 1. The fraction of sp³-hybridized carbons (Fsp3) is 0.304. The molecule has 2 aliphatic rings. The van der Waals surface area contributed by atoms with E-state index < -0.39 is 24.6 Å². The zero-order valence-corrected chi connectivity index (χ0v) is 17.5. The number of benzene rings is 2. The van der Waals surface area contributed by atoms with Gasteiger partial charge in [-0.3, -0.25) is 0 Å². The SMILES string of the molecule is Oc1[nH]c2ccccc2c1C1=Nc2ccccc2/C1=N\OCCOC1OCC(O)C(O)C1O. The van der Waals surface area contributed by atoms with Crippen molar-refractivity contribution >= 4 is 28.0 Å². The standard InChI is InChI=1S/C23H23N3O7/c27-16-11-32-23(21(29)20(16)28)31-9-10-33-26-18-13-6-2-4-8-15(13)24-19(18)17-12-5-1-3-7-14(12)25-22(17)30/h1-8,16,20-21,23,25,27-30H,9-11H2/b26-18+. The Morgan fingerprint density at radius 2 is 1.82 bits per heavy atom. The van der Waals surface area contributed by atoms with Crippen LogP contribution in [0.15, 0.2) is 58.7 Å². The minimum atomic E-state index is -1.37. The lowest BCUT2D eigenvalue weighted by Crippen LogP contribution is -2.53. The van der Waals surface area contributed by atoms with E-state index in [1.165, 1.54) is 0 Å². The first-order valence-electron chi connectivity index (χ1n) is 10.5. The number of aromatic amines is 1. The first-order chi connectivity index (χ1) is 16.0. The lowest BCUT2D eigenvalue weighted by atomic mass is 10.0. The van der Waals surface area contributed by atoms with Crippen LogP contribution in [0.5, 0.6) is 5.88 Å². The summed E-state index contributed by atoms with van der Waals surface area (Å²) in [5.41, 5.74) is 3.74. The number of aromatic nitrogens is 1. The van der Waals surface area contributed by atoms with Crippen LogP contribution >= 0.6 is 0 Å². The molecule has 4 unspecified atom stereocenters. The molecule has 10 nitrogen and oxygen atoms in total. The number of fused-ring (bicyclic) bond motifs is 2. The number of rotatable bonds is 6. The van der Waals surface area contributed by atoms with Crippen LogP contribution in [0.3, 0.4) is 0 Å². The summed E-state index contributed by atoms with van der Waals surface area (Å²) < 4.78 is 10.6. The fourth-order valence-electron chi connectivity index (χ4n) is 3.94. The molecule has 0 saturated carbocycles. The molecule has 4 atom stereocenters. The molecule has 1 fully saturated rings. The second-order valence-electron chi connectivity index (χ2n) is 7.77. The van der Waals surface area contributed by atoms with Gasteiger partial charge in [0.05, 0.1) is 24.5 Å². The summed E-state index contributed by atoms with van der Waals surface area (Å²) in [5.74, 6) is -0.0111. The van der Waals surface area contributed by atoms with E-state index in [1.807, 2.05) is 48.5 Å².